The summed E-state index contributed by atoms with van der Waals surface area (Å²) in [6, 6.07) is 1.80. The molecule has 0 aliphatic heterocycles. The van der Waals surface area contributed by atoms with Gasteiger partial charge in [0, 0.05) is 11.9 Å². The summed E-state index contributed by atoms with van der Waals surface area (Å²) in [6.07, 6.45) is 3.32. The molecule has 1 unspecified atom stereocenters. The summed E-state index contributed by atoms with van der Waals surface area (Å²) < 4.78 is 21.2. The number of nitrogens with zero attached hydrogens (tertiary/aromatic N) is 1. The largest absolute Gasteiger partial charge is 0.769 e. The van der Waals surface area contributed by atoms with Crippen LogP contribution in [-0.4, -0.2) is 13.7 Å². The van der Waals surface area contributed by atoms with Crippen molar-refractivity contribution >= 4 is 17.2 Å². The highest BCUT2D eigenvalue weighted by Gasteiger charge is 1.99. The van der Waals surface area contributed by atoms with Crippen LogP contribution >= 0.6 is 0 Å². The molecule has 3 nitrogen and oxygen atoms in total. The van der Waals surface area contributed by atoms with Gasteiger partial charge in [-0.2, -0.15) is 0 Å². The first-order chi connectivity index (χ1) is 6.52. The molecular weight excluding hydrogens is 198 g/mol. The molecule has 1 aromatic rings. The molecule has 76 valence electrons. The minimum absolute atomic E-state index is 0.332. The Hall–Kier alpha value is -1.00. The highest BCUT2D eigenvalue weighted by molar-refractivity contribution is 7.83. The van der Waals surface area contributed by atoms with Gasteiger partial charge in [-0.3, -0.25) is 9.19 Å². The molecular formula is C10H12NO2S-. The van der Waals surface area contributed by atoms with Crippen LogP contribution in [0.5, 0.6) is 0 Å². The fourth-order valence-electron chi connectivity index (χ4n) is 1.08. The molecule has 0 spiro atoms. The van der Waals surface area contributed by atoms with E-state index in [0.717, 1.165) is 16.8 Å². The number of hydrogen-bond acceptors (Lipinski definition) is 3. The van der Waals surface area contributed by atoms with Crippen molar-refractivity contribution in [3.63, 3.8) is 0 Å². The van der Waals surface area contributed by atoms with Gasteiger partial charge in [0.05, 0.1) is 0 Å². The van der Waals surface area contributed by atoms with Gasteiger partial charge in [-0.1, -0.05) is 0 Å². The maximum Gasteiger partial charge on any atom is 0.0407 e. The van der Waals surface area contributed by atoms with Crippen molar-refractivity contribution in [2.45, 2.75) is 20.8 Å². The van der Waals surface area contributed by atoms with Crippen LogP contribution in [0, 0.1) is 13.8 Å². The van der Waals surface area contributed by atoms with E-state index in [1.54, 1.807) is 25.3 Å². The minimum atomic E-state index is -2.13. The lowest BCUT2D eigenvalue weighted by molar-refractivity contribution is 0.544. The van der Waals surface area contributed by atoms with E-state index in [0.29, 0.717) is 4.91 Å². The molecule has 0 amide bonds. The van der Waals surface area contributed by atoms with Crippen LogP contribution in [0.2, 0.25) is 0 Å². The SMILES string of the molecule is CC(=Cc1ccnc(C)c1C)S(=O)[O-]. The normalized spacial score (nSPS) is 14.1. The first kappa shape index (κ1) is 11.1. The molecule has 4 heteroatoms. The molecule has 0 bridgehead atoms. The van der Waals surface area contributed by atoms with E-state index in [2.05, 4.69) is 4.98 Å². The molecule has 0 saturated heterocycles. The molecule has 1 rings (SSSR count). The Morgan fingerprint density at radius 1 is 1.57 bits per heavy atom. The Labute approximate surface area is 86.2 Å². The van der Waals surface area contributed by atoms with Crippen LogP contribution < -0.4 is 0 Å². The van der Waals surface area contributed by atoms with Gasteiger partial charge >= 0.3 is 0 Å². The van der Waals surface area contributed by atoms with Crippen molar-refractivity contribution in [3.8, 4) is 0 Å². The third kappa shape index (κ3) is 2.49. The lowest BCUT2D eigenvalue weighted by atomic mass is 10.1. The average Bonchev–Trinajstić information content (AvgIpc) is 2.12. The summed E-state index contributed by atoms with van der Waals surface area (Å²) in [6.45, 7) is 5.39. The maximum atomic E-state index is 10.6. The van der Waals surface area contributed by atoms with Crippen LogP contribution in [0.25, 0.3) is 6.08 Å². The molecule has 0 radical (unpaired) electrons. The van der Waals surface area contributed by atoms with Crippen LogP contribution in [0.15, 0.2) is 17.2 Å². The molecule has 0 N–H and O–H groups in total. The van der Waals surface area contributed by atoms with Crippen molar-refractivity contribution in [1.82, 2.24) is 4.98 Å². The predicted molar refractivity (Wildman–Crippen MR) is 56.3 cm³/mol. The Kier molecular flexibility index (Phi) is 3.55. The van der Waals surface area contributed by atoms with E-state index in [1.807, 2.05) is 13.8 Å². The third-order valence-corrected chi connectivity index (χ3v) is 2.76. The van der Waals surface area contributed by atoms with Crippen molar-refractivity contribution in [3.05, 3.63) is 34.0 Å². The summed E-state index contributed by atoms with van der Waals surface area (Å²) in [7, 11) is 0. The van der Waals surface area contributed by atoms with Gasteiger partial charge in [0.15, 0.2) is 0 Å². The summed E-state index contributed by atoms with van der Waals surface area (Å²) >= 11 is -2.13. The first-order valence-electron chi connectivity index (χ1n) is 4.22. The monoisotopic (exact) mass is 210 g/mol. The van der Waals surface area contributed by atoms with E-state index >= 15 is 0 Å². The maximum absolute atomic E-state index is 10.6. The topological polar surface area (TPSA) is 53.0 Å². The highest BCUT2D eigenvalue weighted by atomic mass is 32.2. The van der Waals surface area contributed by atoms with E-state index in [9.17, 15) is 8.76 Å². The predicted octanol–water partition coefficient (Wildman–Crippen LogP) is 1.94. The van der Waals surface area contributed by atoms with Crippen molar-refractivity contribution in [2.75, 3.05) is 0 Å². The van der Waals surface area contributed by atoms with Gasteiger partial charge in [-0.05, 0) is 60.0 Å². The van der Waals surface area contributed by atoms with Gasteiger partial charge in [0.2, 0.25) is 0 Å². The van der Waals surface area contributed by atoms with Crippen LogP contribution in [-0.2, 0) is 11.1 Å². The zero-order valence-corrected chi connectivity index (χ0v) is 9.22. The standard InChI is InChI=1S/C10H13NO2S/c1-7(14(12)13)6-10-4-5-11-9(3)8(10)2/h4-6H,1-3H3,(H,12,13)/p-1. The van der Waals surface area contributed by atoms with Gasteiger partial charge < -0.3 is 4.55 Å². The van der Waals surface area contributed by atoms with Crippen molar-refractivity contribution in [2.24, 2.45) is 0 Å². The Morgan fingerprint density at radius 2 is 2.21 bits per heavy atom. The number of aryl methyl sites for hydroxylation is 1. The molecule has 1 atom stereocenters. The number of allylic oxidation sites excluding steroid dienone is 1. The van der Waals surface area contributed by atoms with E-state index in [4.69, 9.17) is 0 Å². The lowest BCUT2D eigenvalue weighted by Crippen LogP contribution is -1.92. The van der Waals surface area contributed by atoms with Gasteiger partial charge in [0.1, 0.15) is 0 Å². The Morgan fingerprint density at radius 3 is 2.79 bits per heavy atom. The van der Waals surface area contributed by atoms with Crippen molar-refractivity contribution < 1.29 is 8.76 Å². The van der Waals surface area contributed by atoms with E-state index in [1.165, 1.54) is 0 Å². The second-order valence-electron chi connectivity index (χ2n) is 3.10. The van der Waals surface area contributed by atoms with E-state index < -0.39 is 11.1 Å². The number of hydrogen-bond donors (Lipinski definition) is 0. The molecule has 0 fully saturated rings. The number of rotatable bonds is 2. The first-order valence-corrected chi connectivity index (χ1v) is 5.29. The van der Waals surface area contributed by atoms with E-state index in [-0.39, 0.29) is 0 Å². The second kappa shape index (κ2) is 4.48. The van der Waals surface area contributed by atoms with Gasteiger partial charge in [-0.25, -0.2) is 0 Å². The quantitative estimate of drug-likeness (QED) is 0.701. The molecule has 0 aliphatic rings. The number of pyridine rings is 1. The zero-order valence-electron chi connectivity index (χ0n) is 8.40. The fourth-order valence-corrected chi connectivity index (χ4v) is 1.31. The third-order valence-electron chi connectivity index (χ3n) is 2.12. The summed E-state index contributed by atoms with van der Waals surface area (Å²) in [5.41, 5.74) is 2.83. The number of aromatic nitrogens is 1. The Bertz CT molecular complexity index is 399. The summed E-state index contributed by atoms with van der Waals surface area (Å²) in [4.78, 5) is 4.44. The second-order valence-corrected chi connectivity index (χ2v) is 4.21. The molecule has 1 aromatic heterocycles. The molecule has 0 aromatic carbocycles. The molecule has 1 heterocycles. The zero-order chi connectivity index (χ0) is 10.7. The summed E-state index contributed by atoms with van der Waals surface area (Å²) in [5.74, 6) is 0. The highest BCUT2D eigenvalue weighted by Crippen LogP contribution is 2.14. The van der Waals surface area contributed by atoms with Crippen molar-refractivity contribution in [1.29, 1.82) is 0 Å². The molecule has 0 saturated carbocycles. The van der Waals surface area contributed by atoms with Crippen LogP contribution in [0.1, 0.15) is 23.7 Å². The Balaban J connectivity index is 3.15. The lowest BCUT2D eigenvalue weighted by Gasteiger charge is -2.07. The van der Waals surface area contributed by atoms with Gasteiger partial charge in [0.25, 0.3) is 0 Å². The average molecular weight is 210 g/mol. The smallest absolute Gasteiger partial charge is 0.0407 e. The van der Waals surface area contributed by atoms with Crippen LogP contribution in [0.4, 0.5) is 0 Å². The minimum Gasteiger partial charge on any atom is -0.769 e. The summed E-state index contributed by atoms with van der Waals surface area (Å²) in [5, 5.41) is 0. The molecule has 0 aliphatic carbocycles. The van der Waals surface area contributed by atoms with Crippen LogP contribution in [0.3, 0.4) is 0 Å². The molecule has 14 heavy (non-hydrogen) atoms. The van der Waals surface area contributed by atoms with Gasteiger partial charge in [-0.15, -0.1) is 0 Å². The fraction of sp³-hybridized carbons (Fsp3) is 0.300.